The minimum atomic E-state index is -1.10. The van der Waals surface area contributed by atoms with Crippen molar-refractivity contribution in [1.82, 2.24) is 15.5 Å². The van der Waals surface area contributed by atoms with Gasteiger partial charge in [0.2, 0.25) is 11.8 Å². The van der Waals surface area contributed by atoms with Crippen molar-refractivity contribution in [2.75, 3.05) is 13.6 Å². The molecule has 0 radical (unpaired) electrons. The van der Waals surface area contributed by atoms with E-state index in [2.05, 4.69) is 10.6 Å². The smallest absolute Gasteiger partial charge is 1.00 e. The number of rotatable bonds is 9. The van der Waals surface area contributed by atoms with Gasteiger partial charge in [-0.2, -0.15) is 0 Å². The van der Waals surface area contributed by atoms with Crippen LogP contribution in [-0.2, 0) is 27.2 Å². The summed E-state index contributed by atoms with van der Waals surface area (Å²) in [4.78, 5) is 38.1. The van der Waals surface area contributed by atoms with Gasteiger partial charge in [-0.05, 0) is 29.7 Å². The first-order valence-electron chi connectivity index (χ1n) is 9.71. The Morgan fingerprint density at radius 2 is 1.71 bits per heavy atom. The van der Waals surface area contributed by atoms with Gasteiger partial charge in [0.1, 0.15) is 23.9 Å². The molecule has 4 N–H and O–H groups in total. The van der Waals surface area contributed by atoms with Gasteiger partial charge in [-0.15, -0.1) is 0 Å². The second kappa shape index (κ2) is 11.3. The van der Waals surface area contributed by atoms with Crippen LogP contribution in [-0.4, -0.2) is 64.6 Å². The number of amides is 2. The van der Waals surface area contributed by atoms with Gasteiger partial charge in [-0.1, -0.05) is 42.5 Å². The molecule has 1 heterocycles. The van der Waals surface area contributed by atoms with Gasteiger partial charge in [-0.3, -0.25) is 19.7 Å². The van der Waals surface area contributed by atoms with Gasteiger partial charge in [0, 0.05) is 20.0 Å². The number of benzene rings is 2. The Kier molecular flexibility index (Phi) is 9.06. The minimum absolute atomic E-state index is 0. The van der Waals surface area contributed by atoms with Crippen LogP contribution in [0.3, 0.4) is 0 Å². The molecule has 1 aliphatic rings. The molecule has 1 saturated heterocycles. The van der Waals surface area contributed by atoms with Crippen LogP contribution in [0, 0.1) is 0 Å². The molecule has 2 aromatic rings. The molecule has 0 spiro atoms. The van der Waals surface area contributed by atoms with Crippen molar-refractivity contribution in [3.8, 4) is 5.75 Å². The Balaban J connectivity index is 0.00000256. The quantitative estimate of drug-likeness (QED) is 0.258. The van der Waals surface area contributed by atoms with E-state index in [0.29, 0.717) is 13.0 Å². The minimum Gasteiger partial charge on any atom is -1.00 e. The van der Waals surface area contributed by atoms with Gasteiger partial charge < -0.3 is 21.9 Å². The molecule has 160 valence electrons. The maximum Gasteiger partial charge on any atom is 1.00 e. The van der Waals surface area contributed by atoms with Crippen LogP contribution >= 0.6 is 0 Å². The van der Waals surface area contributed by atoms with Crippen molar-refractivity contribution in [1.29, 1.82) is 0 Å². The van der Waals surface area contributed by atoms with Crippen LogP contribution < -0.4 is 40.2 Å². The fourth-order valence-electron chi connectivity index (χ4n) is 3.23. The van der Waals surface area contributed by atoms with Crippen LogP contribution in [0.2, 0.25) is 0 Å². The molecule has 1 aliphatic heterocycles. The van der Waals surface area contributed by atoms with E-state index in [9.17, 15) is 19.5 Å². The van der Waals surface area contributed by atoms with Crippen LogP contribution in [0.25, 0.3) is 0 Å². The Labute approximate surface area is 204 Å². The van der Waals surface area contributed by atoms with Crippen molar-refractivity contribution in [2.45, 2.75) is 31.0 Å². The molecule has 3 atom stereocenters. The SMILES string of the molecule is CN(CCc1ccccc1)C(=O)[C@H](Cc1ccc(O)cc1)NC(=O)[C@H]1N[C@@H]1C(=O)O.[H-].[Na+]. The summed E-state index contributed by atoms with van der Waals surface area (Å²) in [5, 5.41) is 23.7. The van der Waals surface area contributed by atoms with E-state index >= 15 is 0 Å². The van der Waals surface area contributed by atoms with Crippen molar-refractivity contribution in [3.63, 3.8) is 0 Å². The Morgan fingerprint density at radius 3 is 2.29 bits per heavy atom. The second-order valence-electron chi connectivity index (χ2n) is 7.39. The van der Waals surface area contributed by atoms with E-state index in [1.54, 1.807) is 24.1 Å². The summed E-state index contributed by atoms with van der Waals surface area (Å²) in [5.74, 6) is -1.77. The molecular weight excluding hydrogens is 409 g/mol. The Bertz CT molecular complexity index is 914. The predicted octanol–water partition coefficient (Wildman–Crippen LogP) is -2.34. The van der Waals surface area contributed by atoms with Crippen LogP contribution in [0.5, 0.6) is 5.75 Å². The topological polar surface area (TPSA) is 129 Å². The number of aromatic hydroxyl groups is 1. The second-order valence-corrected chi connectivity index (χ2v) is 7.39. The van der Waals surface area contributed by atoms with Gasteiger partial charge in [-0.25, -0.2) is 0 Å². The number of phenols is 1. The number of nitrogens with zero attached hydrogens (tertiary/aromatic N) is 1. The number of carboxylic acid groups (broad SMARTS) is 1. The molecule has 2 aromatic carbocycles. The largest absolute Gasteiger partial charge is 1.00 e. The third-order valence-electron chi connectivity index (χ3n) is 5.08. The zero-order valence-electron chi connectivity index (χ0n) is 18.6. The summed E-state index contributed by atoms with van der Waals surface area (Å²) < 4.78 is 0. The molecule has 31 heavy (non-hydrogen) atoms. The molecule has 0 aromatic heterocycles. The zero-order valence-corrected chi connectivity index (χ0v) is 19.6. The number of aliphatic carboxylic acids is 1. The number of carbonyl (C=O) groups excluding carboxylic acids is 2. The normalized spacial score (nSPS) is 17.7. The number of nitrogens with one attached hydrogen (secondary N) is 2. The van der Waals surface area contributed by atoms with Crippen molar-refractivity contribution in [3.05, 3.63) is 65.7 Å². The molecular formula is C22H26N3NaO5. The number of hydrogen-bond acceptors (Lipinski definition) is 5. The molecule has 9 heteroatoms. The zero-order chi connectivity index (χ0) is 21.7. The average Bonchev–Trinajstić information content (AvgIpc) is 3.55. The van der Waals surface area contributed by atoms with E-state index in [1.165, 1.54) is 12.1 Å². The molecule has 0 saturated carbocycles. The van der Waals surface area contributed by atoms with Gasteiger partial charge in [0.25, 0.3) is 0 Å². The molecule has 1 fully saturated rings. The first kappa shape index (κ1) is 24.9. The number of carbonyl (C=O) groups is 3. The van der Waals surface area contributed by atoms with Gasteiger partial charge >= 0.3 is 35.5 Å². The molecule has 0 aliphatic carbocycles. The summed E-state index contributed by atoms with van der Waals surface area (Å²) in [6.45, 7) is 0.476. The van der Waals surface area contributed by atoms with Crippen molar-refractivity contribution < 1.29 is 55.6 Å². The molecule has 8 nitrogen and oxygen atoms in total. The van der Waals surface area contributed by atoms with Crippen LogP contribution in [0.15, 0.2) is 54.6 Å². The van der Waals surface area contributed by atoms with Crippen molar-refractivity contribution in [2.24, 2.45) is 0 Å². The summed E-state index contributed by atoms with van der Waals surface area (Å²) >= 11 is 0. The van der Waals surface area contributed by atoms with Gasteiger partial charge in [0.15, 0.2) is 0 Å². The monoisotopic (exact) mass is 435 g/mol. The third-order valence-corrected chi connectivity index (χ3v) is 5.08. The number of carboxylic acids is 1. The maximum atomic E-state index is 13.1. The summed E-state index contributed by atoms with van der Waals surface area (Å²) in [6.07, 6.45) is 0.902. The maximum absolute atomic E-state index is 13.1. The molecule has 0 bridgehead atoms. The summed E-state index contributed by atoms with van der Waals surface area (Å²) in [7, 11) is 1.68. The summed E-state index contributed by atoms with van der Waals surface area (Å²) in [5.41, 5.74) is 1.87. The Hall–Kier alpha value is -2.39. The van der Waals surface area contributed by atoms with E-state index < -0.39 is 30.0 Å². The average molecular weight is 435 g/mol. The predicted molar refractivity (Wildman–Crippen MR) is 111 cm³/mol. The van der Waals surface area contributed by atoms with E-state index in [-0.39, 0.29) is 49.1 Å². The van der Waals surface area contributed by atoms with E-state index in [4.69, 9.17) is 5.11 Å². The number of hydrogen-bond donors (Lipinski definition) is 4. The summed E-state index contributed by atoms with van der Waals surface area (Å²) in [6, 6.07) is 13.6. The van der Waals surface area contributed by atoms with Gasteiger partial charge in [0.05, 0.1) is 0 Å². The standard InChI is InChI=1S/C22H25N3O5.Na.H/c1-25(12-11-14-5-3-2-4-6-14)21(28)17(13-15-7-9-16(26)10-8-15)23-20(27)18-19(24-18)22(29)30;;/h2-10,17-19,24,26H,11-13H2,1H3,(H,23,27)(H,29,30);;/q;+1;-1/t17-,18-,19-;;/m0../s1. The number of phenolic OH excluding ortho intramolecular Hbond substituents is 1. The molecule has 0 unspecified atom stereocenters. The first-order valence-corrected chi connectivity index (χ1v) is 9.71. The van der Waals surface area contributed by atoms with Crippen LogP contribution in [0.4, 0.5) is 0 Å². The number of likely N-dealkylation sites (N-methyl/N-ethyl adjacent to an activating group) is 1. The molecule has 2 amide bonds. The van der Waals surface area contributed by atoms with Crippen molar-refractivity contribution >= 4 is 17.8 Å². The third kappa shape index (κ3) is 7.07. The first-order chi connectivity index (χ1) is 14.3. The van der Waals surface area contributed by atoms with E-state index in [0.717, 1.165) is 11.1 Å². The fourth-order valence-corrected chi connectivity index (χ4v) is 3.23. The molecule has 3 rings (SSSR count). The van der Waals surface area contributed by atoms with Crippen LogP contribution in [0.1, 0.15) is 12.6 Å². The Morgan fingerprint density at radius 1 is 1.06 bits per heavy atom. The fraction of sp³-hybridized carbons (Fsp3) is 0.318. The van der Waals surface area contributed by atoms with E-state index in [1.807, 2.05) is 30.3 Å².